The Morgan fingerprint density at radius 1 is 1.21 bits per heavy atom. The van der Waals surface area contributed by atoms with Gasteiger partial charge in [0.05, 0.1) is 0 Å². The molecule has 0 heterocycles. The fourth-order valence-electron chi connectivity index (χ4n) is 1.94. The molecule has 0 fully saturated rings. The van der Waals surface area contributed by atoms with Crippen LogP contribution in [0.25, 0.3) is 0 Å². The molecule has 19 heavy (non-hydrogen) atoms. The lowest BCUT2D eigenvalue weighted by Gasteiger charge is -2.08. The number of hydrogen-bond donors (Lipinski definition) is 0. The highest BCUT2D eigenvalue weighted by Gasteiger charge is 2.13. The minimum atomic E-state index is 0.0885. The van der Waals surface area contributed by atoms with Crippen LogP contribution in [0.4, 0.5) is 0 Å². The minimum Gasteiger partial charge on any atom is -0.289 e. The predicted molar refractivity (Wildman–Crippen MR) is 90.8 cm³/mol. The Bertz CT molecular complexity index is 617. The summed E-state index contributed by atoms with van der Waals surface area (Å²) in [5, 5.41) is 0. The fraction of sp³-hybridized carbons (Fsp3) is 0.188. The van der Waals surface area contributed by atoms with Gasteiger partial charge in [0.15, 0.2) is 5.78 Å². The average Bonchev–Trinajstić information content (AvgIpc) is 2.42. The Morgan fingerprint density at radius 2 is 1.84 bits per heavy atom. The molecule has 0 unspecified atom stereocenters. The SMILES string of the molecule is CCc1ccc(C(=O)c2cc(I)c(Br)cc2C)cc1. The third-order valence-corrected chi connectivity index (χ3v) is 5.43. The highest BCUT2D eigenvalue weighted by Crippen LogP contribution is 2.25. The second-order valence-electron chi connectivity index (χ2n) is 4.46. The van der Waals surface area contributed by atoms with Crippen LogP contribution in [0.3, 0.4) is 0 Å². The first-order valence-corrected chi connectivity index (χ1v) is 7.99. The quantitative estimate of drug-likeness (QED) is 0.487. The fourth-order valence-corrected chi connectivity index (χ4v) is 2.86. The molecule has 0 aromatic heterocycles. The summed E-state index contributed by atoms with van der Waals surface area (Å²) in [6.45, 7) is 4.08. The van der Waals surface area contributed by atoms with Crippen LogP contribution in [-0.2, 0) is 6.42 Å². The summed E-state index contributed by atoms with van der Waals surface area (Å²) < 4.78 is 2.08. The zero-order valence-electron chi connectivity index (χ0n) is 10.8. The van der Waals surface area contributed by atoms with Crippen LogP contribution < -0.4 is 0 Å². The van der Waals surface area contributed by atoms with E-state index in [1.165, 1.54) is 5.56 Å². The lowest BCUT2D eigenvalue weighted by Crippen LogP contribution is -2.04. The maximum absolute atomic E-state index is 12.5. The normalized spacial score (nSPS) is 10.5. The van der Waals surface area contributed by atoms with Gasteiger partial charge in [-0.25, -0.2) is 0 Å². The van der Waals surface area contributed by atoms with Crippen LogP contribution >= 0.6 is 38.5 Å². The number of hydrogen-bond acceptors (Lipinski definition) is 1. The van der Waals surface area contributed by atoms with Gasteiger partial charge >= 0.3 is 0 Å². The zero-order chi connectivity index (χ0) is 14.0. The molecule has 0 saturated heterocycles. The van der Waals surface area contributed by atoms with Crippen molar-refractivity contribution < 1.29 is 4.79 Å². The van der Waals surface area contributed by atoms with E-state index in [0.29, 0.717) is 0 Å². The maximum atomic E-state index is 12.5. The van der Waals surface area contributed by atoms with Crippen LogP contribution in [0.15, 0.2) is 40.9 Å². The predicted octanol–water partition coefficient (Wildman–Crippen LogP) is 5.16. The number of ketones is 1. The number of carbonyl (C=O) groups excluding carboxylic acids is 1. The van der Waals surface area contributed by atoms with Crippen LogP contribution in [0.5, 0.6) is 0 Å². The minimum absolute atomic E-state index is 0.0885. The molecule has 0 radical (unpaired) electrons. The summed E-state index contributed by atoms with van der Waals surface area (Å²) in [5.41, 5.74) is 3.77. The Hall–Kier alpha value is -0.680. The highest BCUT2D eigenvalue weighted by atomic mass is 127. The van der Waals surface area contributed by atoms with Crippen molar-refractivity contribution in [3.05, 3.63) is 66.7 Å². The second kappa shape index (κ2) is 6.18. The molecular weight excluding hydrogens is 415 g/mol. The molecule has 2 aromatic carbocycles. The van der Waals surface area contributed by atoms with E-state index < -0.39 is 0 Å². The van der Waals surface area contributed by atoms with Gasteiger partial charge in [-0.15, -0.1) is 0 Å². The molecule has 0 aliphatic heterocycles. The molecule has 0 saturated carbocycles. The summed E-state index contributed by atoms with van der Waals surface area (Å²) in [4.78, 5) is 12.5. The van der Waals surface area contributed by atoms with Crippen molar-refractivity contribution in [1.29, 1.82) is 0 Å². The molecule has 0 aliphatic carbocycles. The summed E-state index contributed by atoms with van der Waals surface area (Å²) >= 11 is 5.72. The van der Waals surface area contributed by atoms with Crippen molar-refractivity contribution in [2.75, 3.05) is 0 Å². The Kier molecular flexibility index (Phi) is 4.79. The van der Waals surface area contributed by atoms with Gasteiger partial charge in [0.25, 0.3) is 0 Å². The molecule has 0 N–H and O–H groups in total. The monoisotopic (exact) mass is 428 g/mol. The molecule has 2 aromatic rings. The summed E-state index contributed by atoms with van der Waals surface area (Å²) in [7, 11) is 0. The third kappa shape index (κ3) is 3.26. The van der Waals surface area contributed by atoms with Crippen molar-refractivity contribution >= 4 is 44.3 Å². The molecule has 0 atom stereocenters. The lowest BCUT2D eigenvalue weighted by atomic mass is 9.98. The van der Waals surface area contributed by atoms with Crippen LogP contribution in [0, 0.1) is 10.5 Å². The van der Waals surface area contributed by atoms with Gasteiger partial charge in [0, 0.05) is 19.2 Å². The second-order valence-corrected chi connectivity index (χ2v) is 6.48. The molecule has 1 nitrogen and oxygen atoms in total. The van der Waals surface area contributed by atoms with E-state index in [9.17, 15) is 4.79 Å². The molecule has 98 valence electrons. The van der Waals surface area contributed by atoms with Crippen molar-refractivity contribution in [2.45, 2.75) is 20.3 Å². The van der Waals surface area contributed by atoms with Crippen LogP contribution in [0.1, 0.15) is 34.0 Å². The van der Waals surface area contributed by atoms with Gasteiger partial charge in [-0.3, -0.25) is 4.79 Å². The van der Waals surface area contributed by atoms with E-state index in [0.717, 1.165) is 31.2 Å². The molecule has 3 heteroatoms. The van der Waals surface area contributed by atoms with Crippen molar-refractivity contribution in [1.82, 2.24) is 0 Å². The van der Waals surface area contributed by atoms with Gasteiger partial charge in [0.2, 0.25) is 0 Å². The van der Waals surface area contributed by atoms with E-state index in [4.69, 9.17) is 0 Å². The van der Waals surface area contributed by atoms with Crippen LogP contribution in [-0.4, -0.2) is 5.78 Å². The molecule has 0 spiro atoms. The smallest absolute Gasteiger partial charge is 0.193 e. The summed E-state index contributed by atoms with van der Waals surface area (Å²) in [6.07, 6.45) is 0.990. The maximum Gasteiger partial charge on any atom is 0.193 e. The highest BCUT2D eigenvalue weighted by molar-refractivity contribution is 14.1. The Labute approximate surface area is 135 Å². The number of rotatable bonds is 3. The Morgan fingerprint density at radius 3 is 2.42 bits per heavy atom. The van der Waals surface area contributed by atoms with E-state index in [1.807, 2.05) is 43.3 Å². The number of carbonyl (C=O) groups is 1. The molecule has 0 bridgehead atoms. The molecule has 0 aliphatic rings. The van der Waals surface area contributed by atoms with Gasteiger partial charge < -0.3 is 0 Å². The van der Waals surface area contributed by atoms with E-state index in [1.54, 1.807) is 0 Å². The number of aryl methyl sites for hydroxylation is 2. The Balaban J connectivity index is 2.40. The summed E-state index contributed by atoms with van der Waals surface area (Å²) in [5.74, 6) is 0.0885. The van der Waals surface area contributed by atoms with Gasteiger partial charge in [-0.05, 0) is 75.1 Å². The van der Waals surface area contributed by atoms with Crippen LogP contribution in [0.2, 0.25) is 0 Å². The van der Waals surface area contributed by atoms with E-state index >= 15 is 0 Å². The van der Waals surface area contributed by atoms with E-state index in [2.05, 4.69) is 45.4 Å². The first-order chi connectivity index (χ1) is 9.02. The number of benzene rings is 2. The van der Waals surface area contributed by atoms with E-state index in [-0.39, 0.29) is 5.78 Å². The van der Waals surface area contributed by atoms with Crippen molar-refractivity contribution in [3.63, 3.8) is 0 Å². The van der Waals surface area contributed by atoms with Crippen molar-refractivity contribution in [3.8, 4) is 0 Å². The topological polar surface area (TPSA) is 17.1 Å². The number of halogens is 2. The van der Waals surface area contributed by atoms with Gasteiger partial charge in [-0.1, -0.05) is 31.2 Å². The lowest BCUT2D eigenvalue weighted by molar-refractivity contribution is 0.103. The molecule has 0 amide bonds. The zero-order valence-corrected chi connectivity index (χ0v) is 14.6. The molecular formula is C16H14BrIO. The van der Waals surface area contributed by atoms with Crippen molar-refractivity contribution in [2.24, 2.45) is 0 Å². The summed E-state index contributed by atoms with van der Waals surface area (Å²) in [6, 6.07) is 11.8. The third-order valence-electron chi connectivity index (χ3n) is 3.14. The average molecular weight is 429 g/mol. The van der Waals surface area contributed by atoms with Gasteiger partial charge in [-0.2, -0.15) is 0 Å². The largest absolute Gasteiger partial charge is 0.289 e. The molecule has 2 rings (SSSR count). The van der Waals surface area contributed by atoms with Gasteiger partial charge in [0.1, 0.15) is 0 Å². The first kappa shape index (κ1) is 14.7. The standard InChI is InChI=1S/C16H14BrIO/c1-3-11-4-6-12(7-5-11)16(19)13-9-15(18)14(17)8-10(13)2/h4-9H,3H2,1-2H3. The first-order valence-electron chi connectivity index (χ1n) is 6.12.